The summed E-state index contributed by atoms with van der Waals surface area (Å²) < 4.78 is 3.61. The van der Waals surface area contributed by atoms with Crippen LogP contribution in [0.2, 0.25) is 0 Å². The van der Waals surface area contributed by atoms with E-state index in [9.17, 15) is 0 Å². The first-order valence-electron chi connectivity index (χ1n) is 11.1. The van der Waals surface area contributed by atoms with E-state index in [-0.39, 0.29) is 12.4 Å². The molecule has 5 rings (SSSR count). The molecule has 1 unspecified atom stereocenters. The molecule has 4 heterocycles. The summed E-state index contributed by atoms with van der Waals surface area (Å²) in [6, 6.07) is 10.3. The van der Waals surface area contributed by atoms with Gasteiger partial charge in [-0.15, -0.1) is 12.4 Å². The van der Waals surface area contributed by atoms with Crippen LogP contribution in [0.25, 0.3) is 33.8 Å². The van der Waals surface area contributed by atoms with Gasteiger partial charge in [0.2, 0.25) is 0 Å². The lowest BCUT2D eigenvalue weighted by atomic mass is 10.00. The molecule has 33 heavy (non-hydrogen) atoms. The molecule has 0 bridgehead atoms. The molecular formula is C24H29ClN8. The fraction of sp³-hybridized carbons (Fsp3) is 0.333. The Morgan fingerprint density at radius 2 is 1.97 bits per heavy atom. The average Bonchev–Trinajstić information content (AvgIpc) is 3.46. The highest BCUT2D eigenvalue weighted by atomic mass is 35.5. The molecule has 8 nitrogen and oxygen atoms in total. The topological polar surface area (TPSA) is 85.5 Å². The number of halogens is 1. The van der Waals surface area contributed by atoms with E-state index in [1.807, 2.05) is 61.8 Å². The highest BCUT2D eigenvalue weighted by Gasteiger charge is 2.17. The van der Waals surface area contributed by atoms with Crippen molar-refractivity contribution in [1.82, 2.24) is 34.8 Å². The molecule has 1 atom stereocenters. The van der Waals surface area contributed by atoms with Crippen molar-refractivity contribution in [3.8, 4) is 33.8 Å². The third-order valence-electron chi connectivity index (χ3n) is 5.89. The number of aryl methyl sites for hydroxylation is 2. The number of hydrogen-bond donors (Lipinski definition) is 2. The van der Waals surface area contributed by atoms with E-state index in [0.29, 0.717) is 11.7 Å². The summed E-state index contributed by atoms with van der Waals surface area (Å²) in [6.45, 7) is 3.02. The number of benzene rings is 1. The van der Waals surface area contributed by atoms with Crippen LogP contribution >= 0.6 is 12.4 Å². The Morgan fingerprint density at radius 1 is 1.09 bits per heavy atom. The van der Waals surface area contributed by atoms with Gasteiger partial charge in [-0.1, -0.05) is 18.2 Å². The van der Waals surface area contributed by atoms with Crippen molar-refractivity contribution in [3.05, 3.63) is 55.1 Å². The van der Waals surface area contributed by atoms with Gasteiger partial charge < -0.3 is 10.6 Å². The first-order valence-corrected chi connectivity index (χ1v) is 11.1. The molecule has 2 N–H and O–H groups in total. The maximum atomic E-state index is 4.94. The average molecular weight is 465 g/mol. The molecule has 9 heteroatoms. The Morgan fingerprint density at radius 3 is 2.70 bits per heavy atom. The van der Waals surface area contributed by atoms with E-state index in [1.165, 1.54) is 12.8 Å². The zero-order chi connectivity index (χ0) is 21.9. The molecule has 0 saturated carbocycles. The number of rotatable bonds is 6. The second kappa shape index (κ2) is 10.1. The van der Waals surface area contributed by atoms with Crippen molar-refractivity contribution in [3.63, 3.8) is 0 Å². The summed E-state index contributed by atoms with van der Waals surface area (Å²) in [6.07, 6.45) is 10.1. The minimum atomic E-state index is 0. The maximum absolute atomic E-state index is 4.94. The smallest absolute Gasteiger partial charge is 0.161 e. The molecule has 1 fully saturated rings. The standard InChI is InChI=1S/C24H28N8.ClH/c1-31-10-8-22(30-31)21-15-27-23(29-24(21)26-13-17-5-4-9-25-12-17)19-7-3-6-18(11-19)20-14-28-32(2)16-20;/h3,6-8,10-11,14-17,25H,4-5,9,12-13H2,1-2H3,(H,26,27,29);1H. The van der Waals surface area contributed by atoms with Gasteiger partial charge in [0, 0.05) is 50.4 Å². The normalized spacial score (nSPS) is 15.8. The monoisotopic (exact) mass is 464 g/mol. The van der Waals surface area contributed by atoms with Crippen molar-refractivity contribution in [2.75, 3.05) is 25.0 Å². The Bertz CT molecular complexity index is 1210. The van der Waals surface area contributed by atoms with Crippen LogP contribution in [0.3, 0.4) is 0 Å². The first kappa shape index (κ1) is 22.9. The molecule has 0 aliphatic carbocycles. The van der Waals surface area contributed by atoms with Crippen molar-refractivity contribution < 1.29 is 0 Å². The van der Waals surface area contributed by atoms with Gasteiger partial charge in [-0.2, -0.15) is 10.2 Å². The van der Waals surface area contributed by atoms with Crippen LogP contribution < -0.4 is 10.6 Å². The van der Waals surface area contributed by atoms with Gasteiger partial charge in [-0.3, -0.25) is 9.36 Å². The summed E-state index contributed by atoms with van der Waals surface area (Å²) in [4.78, 5) is 9.64. The Kier molecular flexibility index (Phi) is 7.05. The number of nitrogens with one attached hydrogen (secondary N) is 2. The minimum Gasteiger partial charge on any atom is -0.369 e. The fourth-order valence-electron chi connectivity index (χ4n) is 4.15. The Labute approximate surface area is 199 Å². The molecule has 0 spiro atoms. The molecule has 0 radical (unpaired) electrons. The van der Waals surface area contributed by atoms with E-state index in [2.05, 4.69) is 33.0 Å². The summed E-state index contributed by atoms with van der Waals surface area (Å²) in [5, 5.41) is 15.9. The SMILES string of the molecule is Cl.Cn1cc(-c2cccc(-c3ncc(-c4ccn(C)n4)c(NCC4CCCNC4)n3)c2)cn1. The van der Waals surface area contributed by atoms with E-state index in [1.54, 1.807) is 4.68 Å². The van der Waals surface area contributed by atoms with Gasteiger partial charge in [0.1, 0.15) is 5.82 Å². The molecular weight excluding hydrogens is 436 g/mol. The minimum absolute atomic E-state index is 0. The zero-order valence-electron chi connectivity index (χ0n) is 18.9. The lowest BCUT2D eigenvalue weighted by Gasteiger charge is -2.23. The molecule has 1 aliphatic rings. The lowest BCUT2D eigenvalue weighted by Crippen LogP contribution is -2.33. The third-order valence-corrected chi connectivity index (χ3v) is 5.89. The summed E-state index contributed by atoms with van der Waals surface area (Å²) in [7, 11) is 3.84. The maximum Gasteiger partial charge on any atom is 0.161 e. The first-order chi connectivity index (χ1) is 15.7. The quantitative estimate of drug-likeness (QED) is 0.451. The van der Waals surface area contributed by atoms with Crippen molar-refractivity contribution >= 4 is 18.2 Å². The van der Waals surface area contributed by atoms with Crippen LogP contribution in [0, 0.1) is 5.92 Å². The largest absolute Gasteiger partial charge is 0.369 e. The molecule has 1 aliphatic heterocycles. The van der Waals surface area contributed by atoms with Gasteiger partial charge in [0.05, 0.1) is 17.5 Å². The summed E-state index contributed by atoms with van der Waals surface area (Å²) in [5.41, 5.74) is 4.92. The van der Waals surface area contributed by atoms with Crippen LogP contribution in [-0.4, -0.2) is 49.2 Å². The van der Waals surface area contributed by atoms with Crippen molar-refractivity contribution in [1.29, 1.82) is 0 Å². The highest BCUT2D eigenvalue weighted by molar-refractivity contribution is 5.85. The van der Waals surface area contributed by atoms with Crippen LogP contribution in [-0.2, 0) is 14.1 Å². The van der Waals surface area contributed by atoms with E-state index in [0.717, 1.165) is 53.4 Å². The molecule has 0 amide bonds. The predicted octanol–water partition coefficient (Wildman–Crippen LogP) is 3.78. The number of anilines is 1. The van der Waals surface area contributed by atoms with Gasteiger partial charge in [0.25, 0.3) is 0 Å². The number of piperidine rings is 1. The van der Waals surface area contributed by atoms with Gasteiger partial charge in [0.15, 0.2) is 5.82 Å². The second-order valence-electron chi connectivity index (χ2n) is 8.41. The van der Waals surface area contributed by atoms with E-state index >= 15 is 0 Å². The molecule has 3 aromatic heterocycles. The number of aromatic nitrogens is 6. The number of hydrogen-bond acceptors (Lipinski definition) is 6. The summed E-state index contributed by atoms with van der Waals surface area (Å²) >= 11 is 0. The highest BCUT2D eigenvalue weighted by Crippen LogP contribution is 2.29. The summed E-state index contributed by atoms with van der Waals surface area (Å²) in [5.74, 6) is 2.11. The van der Waals surface area contributed by atoms with Crippen LogP contribution in [0.4, 0.5) is 5.82 Å². The second-order valence-corrected chi connectivity index (χ2v) is 8.41. The van der Waals surface area contributed by atoms with E-state index in [4.69, 9.17) is 9.97 Å². The van der Waals surface area contributed by atoms with Crippen molar-refractivity contribution in [2.45, 2.75) is 12.8 Å². The van der Waals surface area contributed by atoms with Crippen LogP contribution in [0.5, 0.6) is 0 Å². The van der Waals surface area contributed by atoms with Gasteiger partial charge in [-0.25, -0.2) is 9.97 Å². The number of nitrogens with zero attached hydrogens (tertiary/aromatic N) is 6. The zero-order valence-corrected chi connectivity index (χ0v) is 19.7. The predicted molar refractivity (Wildman–Crippen MR) is 133 cm³/mol. The fourth-order valence-corrected chi connectivity index (χ4v) is 4.15. The Hall–Kier alpha value is -3.23. The molecule has 4 aromatic rings. The third kappa shape index (κ3) is 5.23. The van der Waals surface area contributed by atoms with Crippen LogP contribution in [0.15, 0.2) is 55.1 Å². The molecule has 172 valence electrons. The van der Waals surface area contributed by atoms with Crippen molar-refractivity contribution in [2.24, 2.45) is 20.0 Å². The molecule has 1 saturated heterocycles. The van der Waals surface area contributed by atoms with Crippen LogP contribution in [0.1, 0.15) is 12.8 Å². The lowest BCUT2D eigenvalue weighted by molar-refractivity contribution is 0.392. The van der Waals surface area contributed by atoms with E-state index < -0.39 is 0 Å². The molecule has 1 aromatic carbocycles. The van der Waals surface area contributed by atoms with Gasteiger partial charge in [-0.05, 0) is 49.5 Å². The Balaban J connectivity index is 0.00000259. The van der Waals surface area contributed by atoms with Gasteiger partial charge >= 0.3 is 0 Å².